The van der Waals surface area contributed by atoms with Gasteiger partial charge in [-0.05, 0) is 48.0 Å². The number of aliphatic hydroxyl groups excluding tert-OH is 3. The Balaban J connectivity index is 1.33. The molecule has 0 amide bonds. The summed E-state index contributed by atoms with van der Waals surface area (Å²) >= 11 is 0. The summed E-state index contributed by atoms with van der Waals surface area (Å²) in [5.74, 6) is -4.82. The molecule has 0 aromatic heterocycles. The number of carbonyl (C=O) groups is 2. The first kappa shape index (κ1) is 29.2. The van der Waals surface area contributed by atoms with Gasteiger partial charge in [-0.25, -0.2) is 9.59 Å². The molecule has 1 saturated heterocycles. The minimum atomic E-state index is -1.74. The van der Waals surface area contributed by atoms with Crippen molar-refractivity contribution in [2.24, 2.45) is 0 Å². The average Bonchev–Trinajstić information content (AvgIpc) is 2.95. The number of phenolic OH excluding ortho intramolecular Hbond substituents is 5. The summed E-state index contributed by atoms with van der Waals surface area (Å²) in [5, 5.41) is 78.3. The summed E-state index contributed by atoms with van der Waals surface area (Å²) in [5.41, 5.74) is 0.262. The summed E-state index contributed by atoms with van der Waals surface area (Å²) in [6, 6.07) is 11.2. The molecular weight excluding hydrogens is 548 g/mol. The summed E-state index contributed by atoms with van der Waals surface area (Å²) < 4.78 is 21.3. The van der Waals surface area contributed by atoms with Crippen LogP contribution in [-0.2, 0) is 20.8 Å². The number of esters is 2. The van der Waals surface area contributed by atoms with Crippen LogP contribution < -0.4 is 4.74 Å². The smallest absolute Gasteiger partial charge is 0.338 e. The number of benzene rings is 3. The van der Waals surface area contributed by atoms with E-state index in [1.54, 1.807) is 12.1 Å². The van der Waals surface area contributed by atoms with E-state index in [0.717, 1.165) is 24.3 Å². The third-order valence-corrected chi connectivity index (χ3v) is 6.11. The maximum absolute atomic E-state index is 12.3. The minimum Gasteiger partial charge on any atom is -0.504 e. The Hall–Kier alpha value is -4.76. The molecule has 1 aliphatic heterocycles. The lowest BCUT2D eigenvalue weighted by Gasteiger charge is -2.39. The number of hydrogen-bond donors (Lipinski definition) is 8. The van der Waals surface area contributed by atoms with E-state index < -0.39 is 72.2 Å². The molecule has 0 unspecified atom stereocenters. The van der Waals surface area contributed by atoms with E-state index in [4.69, 9.17) is 18.9 Å². The van der Waals surface area contributed by atoms with Gasteiger partial charge in [-0.15, -0.1) is 0 Å². The van der Waals surface area contributed by atoms with Crippen molar-refractivity contribution < 1.29 is 69.4 Å². The maximum Gasteiger partial charge on any atom is 0.338 e. The second kappa shape index (κ2) is 12.2. The number of aliphatic hydroxyl groups is 3. The van der Waals surface area contributed by atoms with Crippen molar-refractivity contribution in [2.75, 3.05) is 6.61 Å². The van der Waals surface area contributed by atoms with Crippen molar-refractivity contribution in [3.8, 4) is 34.5 Å². The van der Waals surface area contributed by atoms with E-state index >= 15 is 0 Å². The Morgan fingerprint density at radius 1 is 0.683 bits per heavy atom. The monoisotopic (exact) mass is 574 g/mol. The second-order valence-corrected chi connectivity index (χ2v) is 9.02. The number of rotatable bonds is 8. The predicted octanol–water partition coefficient (Wildman–Crippen LogP) is 0.615. The molecule has 4 rings (SSSR count). The molecule has 0 bridgehead atoms. The number of carbonyl (C=O) groups excluding carboxylic acids is 2. The molecule has 14 nitrogen and oxygen atoms in total. The van der Waals surface area contributed by atoms with Gasteiger partial charge in [-0.3, -0.25) is 0 Å². The molecule has 1 heterocycles. The minimum absolute atomic E-state index is 0.0315. The average molecular weight is 574 g/mol. The molecule has 0 spiro atoms. The fourth-order valence-corrected chi connectivity index (χ4v) is 3.80. The molecule has 14 heteroatoms. The quantitative estimate of drug-likeness (QED) is 0.136. The molecule has 5 atom stereocenters. The summed E-state index contributed by atoms with van der Waals surface area (Å²) in [4.78, 5) is 24.5. The van der Waals surface area contributed by atoms with Gasteiger partial charge in [-0.1, -0.05) is 12.1 Å². The third kappa shape index (κ3) is 6.70. The number of ether oxygens (including phenoxy) is 4. The molecule has 0 saturated carbocycles. The summed E-state index contributed by atoms with van der Waals surface area (Å²) in [7, 11) is 0. The molecule has 0 aliphatic carbocycles. The van der Waals surface area contributed by atoms with Gasteiger partial charge in [0.25, 0.3) is 0 Å². The van der Waals surface area contributed by atoms with Gasteiger partial charge in [0.05, 0.1) is 11.1 Å². The Labute approximate surface area is 231 Å². The first-order valence-corrected chi connectivity index (χ1v) is 12.0. The van der Waals surface area contributed by atoms with Gasteiger partial charge in [0.15, 0.2) is 28.7 Å². The van der Waals surface area contributed by atoms with Crippen LogP contribution in [0.5, 0.6) is 34.5 Å². The predicted molar refractivity (Wildman–Crippen MR) is 134 cm³/mol. The van der Waals surface area contributed by atoms with Crippen molar-refractivity contribution in [1.82, 2.24) is 0 Å². The second-order valence-electron chi connectivity index (χ2n) is 9.02. The van der Waals surface area contributed by atoms with Gasteiger partial charge in [-0.2, -0.15) is 0 Å². The van der Waals surface area contributed by atoms with Crippen LogP contribution in [0.25, 0.3) is 0 Å². The Bertz CT molecular complexity index is 1380. The van der Waals surface area contributed by atoms with Crippen LogP contribution in [0.1, 0.15) is 26.3 Å². The van der Waals surface area contributed by atoms with E-state index in [2.05, 4.69) is 0 Å². The van der Waals surface area contributed by atoms with Crippen molar-refractivity contribution in [2.45, 2.75) is 37.3 Å². The Morgan fingerprint density at radius 3 is 1.93 bits per heavy atom. The maximum atomic E-state index is 12.3. The lowest BCUT2D eigenvalue weighted by atomic mass is 9.99. The van der Waals surface area contributed by atoms with Crippen LogP contribution in [0.4, 0.5) is 0 Å². The fraction of sp³-hybridized carbons (Fsp3) is 0.259. The summed E-state index contributed by atoms with van der Waals surface area (Å²) in [6.45, 7) is -0.757. The molecule has 1 aliphatic rings. The van der Waals surface area contributed by atoms with Gasteiger partial charge in [0, 0.05) is 0 Å². The van der Waals surface area contributed by atoms with E-state index in [9.17, 15) is 50.4 Å². The lowest BCUT2D eigenvalue weighted by molar-refractivity contribution is -0.277. The third-order valence-electron chi connectivity index (χ3n) is 6.11. The highest BCUT2D eigenvalue weighted by molar-refractivity contribution is 5.91. The highest BCUT2D eigenvalue weighted by atomic mass is 16.7. The molecule has 41 heavy (non-hydrogen) atoms. The first-order valence-electron chi connectivity index (χ1n) is 12.0. The van der Waals surface area contributed by atoms with Crippen molar-refractivity contribution >= 4 is 11.9 Å². The van der Waals surface area contributed by atoms with Crippen molar-refractivity contribution in [1.29, 1.82) is 0 Å². The highest BCUT2D eigenvalue weighted by Crippen LogP contribution is 2.35. The van der Waals surface area contributed by atoms with Crippen LogP contribution in [0.3, 0.4) is 0 Å². The highest BCUT2D eigenvalue weighted by Gasteiger charge is 2.45. The van der Waals surface area contributed by atoms with E-state index in [0.29, 0.717) is 5.56 Å². The van der Waals surface area contributed by atoms with E-state index in [1.165, 1.54) is 18.2 Å². The number of aromatic hydroxyl groups is 5. The Kier molecular flexibility index (Phi) is 8.68. The van der Waals surface area contributed by atoms with Gasteiger partial charge in [0.1, 0.15) is 43.4 Å². The number of hydrogen-bond acceptors (Lipinski definition) is 14. The molecule has 218 valence electrons. The zero-order valence-electron chi connectivity index (χ0n) is 21.0. The zero-order chi connectivity index (χ0) is 29.8. The van der Waals surface area contributed by atoms with Crippen LogP contribution in [0.2, 0.25) is 0 Å². The molecule has 3 aromatic carbocycles. The van der Waals surface area contributed by atoms with Crippen LogP contribution in [0, 0.1) is 0 Å². The zero-order valence-corrected chi connectivity index (χ0v) is 21.0. The fourth-order valence-electron chi connectivity index (χ4n) is 3.80. The molecule has 1 fully saturated rings. The molecule has 3 aromatic rings. The van der Waals surface area contributed by atoms with E-state index in [1.807, 2.05) is 0 Å². The van der Waals surface area contributed by atoms with Gasteiger partial charge in [0.2, 0.25) is 6.29 Å². The van der Waals surface area contributed by atoms with Crippen molar-refractivity contribution in [3.63, 3.8) is 0 Å². The topological polar surface area (TPSA) is 233 Å². The molecular formula is C27H26O14. The summed E-state index contributed by atoms with van der Waals surface area (Å²) in [6.07, 6.45) is -7.95. The largest absolute Gasteiger partial charge is 0.504 e. The van der Waals surface area contributed by atoms with Gasteiger partial charge < -0.3 is 59.8 Å². The lowest BCUT2D eigenvalue weighted by Crippen LogP contribution is -2.60. The van der Waals surface area contributed by atoms with Crippen molar-refractivity contribution in [3.05, 3.63) is 71.3 Å². The number of phenols is 5. The van der Waals surface area contributed by atoms with Crippen LogP contribution >= 0.6 is 0 Å². The van der Waals surface area contributed by atoms with Crippen LogP contribution in [0.15, 0.2) is 54.6 Å². The molecule has 8 N–H and O–H groups in total. The van der Waals surface area contributed by atoms with E-state index in [-0.39, 0.29) is 29.2 Å². The van der Waals surface area contributed by atoms with Gasteiger partial charge >= 0.3 is 11.9 Å². The SMILES string of the molecule is O=C(OCc1ccc(O[C@@H]2O[C@H](COC(=O)c3cc(O)c(O)c(O)c3)[C@@H](O)[C@H](O)[C@H]2O)cc1)c1ccc(O)c(O)c1. The first-order chi connectivity index (χ1) is 19.4. The molecule has 0 radical (unpaired) electrons. The Morgan fingerprint density at radius 2 is 1.29 bits per heavy atom. The normalized spacial score (nSPS) is 22.1. The standard InChI is InChI=1S/C27H26O14/c28-16-6-3-13(7-17(16)29)25(36)38-10-12-1-4-15(5-2-12)40-27-24(35)23(34)22(33)20(41-27)11-39-26(37)14-8-18(30)21(32)19(31)9-14/h1-9,20,22-24,27-35H,10-11H2/t20-,22-,23+,24-,27-/m1/s1. The van der Waals surface area contributed by atoms with Crippen LogP contribution in [-0.4, -0.2) is 90.1 Å².